The van der Waals surface area contributed by atoms with Crippen LogP contribution in [-0.4, -0.2) is 30.4 Å². The molecule has 26 heavy (non-hydrogen) atoms. The van der Waals surface area contributed by atoms with Crippen LogP contribution in [-0.2, 0) is 4.79 Å². The first kappa shape index (κ1) is 18.7. The fraction of sp³-hybridized carbons (Fsp3) is 0.435. The molecule has 0 N–H and O–H groups in total. The van der Waals surface area contributed by atoms with Crippen LogP contribution in [0.1, 0.15) is 44.7 Å². The lowest BCUT2D eigenvalue weighted by atomic mass is 9.91. The summed E-state index contributed by atoms with van der Waals surface area (Å²) in [5.41, 5.74) is 2.41. The highest BCUT2D eigenvalue weighted by Gasteiger charge is 2.24. The number of anilines is 1. The van der Waals surface area contributed by atoms with Crippen LogP contribution in [0.4, 0.5) is 5.69 Å². The minimum absolute atomic E-state index is 0.131. The smallest absolute Gasteiger partial charge is 0.223 e. The molecular formula is C23H30N2O. The summed E-state index contributed by atoms with van der Waals surface area (Å²) in [7, 11) is 0. The van der Waals surface area contributed by atoms with Crippen molar-refractivity contribution in [1.82, 2.24) is 4.90 Å². The second kappa shape index (κ2) is 9.00. The van der Waals surface area contributed by atoms with Crippen molar-refractivity contribution in [2.75, 3.05) is 24.5 Å². The molecule has 0 spiro atoms. The Balaban J connectivity index is 1.50. The van der Waals surface area contributed by atoms with Crippen LogP contribution in [0.5, 0.6) is 0 Å². The third kappa shape index (κ3) is 4.73. The van der Waals surface area contributed by atoms with Gasteiger partial charge < -0.3 is 4.90 Å². The lowest BCUT2D eigenvalue weighted by molar-refractivity contribution is -0.116. The van der Waals surface area contributed by atoms with E-state index in [1.165, 1.54) is 18.4 Å². The molecule has 1 unspecified atom stereocenters. The molecule has 1 saturated heterocycles. The first-order valence-electron chi connectivity index (χ1n) is 9.77. The monoisotopic (exact) mass is 350 g/mol. The Morgan fingerprint density at radius 1 is 1.04 bits per heavy atom. The van der Waals surface area contributed by atoms with Gasteiger partial charge in [-0.3, -0.25) is 9.69 Å². The first-order valence-corrected chi connectivity index (χ1v) is 9.77. The number of para-hydroxylation sites is 1. The van der Waals surface area contributed by atoms with Gasteiger partial charge in [-0.15, -0.1) is 0 Å². The van der Waals surface area contributed by atoms with Crippen molar-refractivity contribution < 1.29 is 4.79 Å². The van der Waals surface area contributed by atoms with Crippen LogP contribution in [0.3, 0.4) is 0 Å². The molecule has 3 rings (SSSR count). The van der Waals surface area contributed by atoms with Gasteiger partial charge in [-0.2, -0.15) is 0 Å². The second-order valence-electron chi connectivity index (χ2n) is 7.36. The van der Waals surface area contributed by atoms with Crippen molar-refractivity contribution in [1.29, 1.82) is 0 Å². The molecule has 1 fully saturated rings. The number of hydrogen-bond donors (Lipinski definition) is 0. The van der Waals surface area contributed by atoms with E-state index >= 15 is 0 Å². The molecule has 1 heterocycles. The number of piperidine rings is 1. The predicted molar refractivity (Wildman–Crippen MR) is 108 cm³/mol. The number of likely N-dealkylation sites (tertiary alicyclic amines) is 1. The summed E-state index contributed by atoms with van der Waals surface area (Å²) in [6.45, 7) is 7.08. The van der Waals surface area contributed by atoms with E-state index in [2.05, 4.69) is 42.2 Å². The minimum atomic E-state index is 0.131. The highest BCUT2D eigenvalue weighted by Crippen LogP contribution is 2.28. The quantitative estimate of drug-likeness (QED) is 0.739. The molecule has 2 aromatic carbocycles. The molecule has 1 aliphatic heterocycles. The highest BCUT2D eigenvalue weighted by atomic mass is 16.2. The van der Waals surface area contributed by atoms with Crippen molar-refractivity contribution in [2.24, 2.45) is 5.92 Å². The van der Waals surface area contributed by atoms with Crippen LogP contribution in [0.25, 0.3) is 0 Å². The van der Waals surface area contributed by atoms with E-state index < -0.39 is 0 Å². The van der Waals surface area contributed by atoms with Crippen molar-refractivity contribution >= 4 is 11.6 Å². The summed E-state index contributed by atoms with van der Waals surface area (Å²) >= 11 is 0. The van der Waals surface area contributed by atoms with Crippen molar-refractivity contribution in [3.05, 3.63) is 66.2 Å². The molecule has 1 aliphatic rings. The van der Waals surface area contributed by atoms with E-state index in [9.17, 15) is 4.79 Å². The SMILES string of the molecule is CC(=O)N(CCC1CCN(C(C)c2ccccc2)CC1)c1ccccc1. The number of benzene rings is 2. The molecule has 2 aromatic rings. The summed E-state index contributed by atoms with van der Waals surface area (Å²) in [5, 5.41) is 0. The van der Waals surface area contributed by atoms with Crippen LogP contribution >= 0.6 is 0 Å². The van der Waals surface area contributed by atoms with E-state index in [1.54, 1.807) is 6.92 Å². The topological polar surface area (TPSA) is 23.6 Å². The summed E-state index contributed by atoms with van der Waals surface area (Å²) in [6, 6.07) is 21.3. The number of carbonyl (C=O) groups excluding carboxylic acids is 1. The molecule has 1 amide bonds. The molecule has 138 valence electrons. The molecule has 0 saturated carbocycles. The van der Waals surface area contributed by atoms with Crippen LogP contribution in [0.2, 0.25) is 0 Å². The number of carbonyl (C=O) groups is 1. The fourth-order valence-electron chi connectivity index (χ4n) is 3.96. The minimum Gasteiger partial charge on any atom is -0.313 e. The number of nitrogens with zero attached hydrogens (tertiary/aromatic N) is 2. The summed E-state index contributed by atoms with van der Waals surface area (Å²) in [4.78, 5) is 16.5. The third-order valence-corrected chi connectivity index (χ3v) is 5.69. The number of hydrogen-bond acceptors (Lipinski definition) is 2. The summed E-state index contributed by atoms with van der Waals surface area (Å²) < 4.78 is 0. The molecular weight excluding hydrogens is 320 g/mol. The molecule has 0 aliphatic carbocycles. The summed E-state index contributed by atoms with van der Waals surface area (Å²) in [5.74, 6) is 0.839. The van der Waals surface area contributed by atoms with E-state index in [1.807, 2.05) is 35.2 Å². The standard InChI is InChI=1S/C23H30N2O/c1-19(22-9-5-3-6-10-22)24-16-13-21(14-17-24)15-18-25(20(2)26)23-11-7-4-8-12-23/h3-12,19,21H,13-18H2,1-2H3. The second-order valence-corrected chi connectivity index (χ2v) is 7.36. The molecule has 0 radical (unpaired) electrons. The molecule has 3 heteroatoms. The summed E-state index contributed by atoms with van der Waals surface area (Å²) in [6.07, 6.45) is 3.53. The van der Waals surface area contributed by atoms with Gasteiger partial charge in [0.15, 0.2) is 0 Å². The third-order valence-electron chi connectivity index (χ3n) is 5.69. The predicted octanol–water partition coefficient (Wildman–Crippen LogP) is 4.90. The van der Waals surface area contributed by atoms with Gasteiger partial charge in [-0.05, 0) is 62.9 Å². The lowest BCUT2D eigenvalue weighted by Gasteiger charge is -2.37. The van der Waals surface area contributed by atoms with Crippen molar-refractivity contribution in [3.63, 3.8) is 0 Å². The number of rotatable bonds is 6. The maximum Gasteiger partial charge on any atom is 0.223 e. The van der Waals surface area contributed by atoms with Crippen LogP contribution in [0, 0.1) is 5.92 Å². The zero-order valence-electron chi connectivity index (χ0n) is 16.0. The Labute approximate surface area is 157 Å². The van der Waals surface area contributed by atoms with Gasteiger partial charge in [0.2, 0.25) is 5.91 Å². The lowest BCUT2D eigenvalue weighted by Crippen LogP contribution is -2.37. The van der Waals surface area contributed by atoms with Gasteiger partial charge in [-0.25, -0.2) is 0 Å². The van der Waals surface area contributed by atoms with Crippen LogP contribution < -0.4 is 4.90 Å². The fourth-order valence-corrected chi connectivity index (χ4v) is 3.96. The largest absolute Gasteiger partial charge is 0.313 e. The molecule has 1 atom stereocenters. The Kier molecular flexibility index (Phi) is 6.45. The van der Waals surface area contributed by atoms with Gasteiger partial charge in [0, 0.05) is 25.2 Å². The molecule has 0 aromatic heterocycles. The van der Waals surface area contributed by atoms with Gasteiger partial charge >= 0.3 is 0 Å². The first-order chi connectivity index (χ1) is 12.6. The van der Waals surface area contributed by atoms with Gasteiger partial charge in [0.1, 0.15) is 0 Å². The normalized spacial score (nSPS) is 17.0. The number of amides is 1. The Morgan fingerprint density at radius 2 is 1.62 bits per heavy atom. The van der Waals surface area contributed by atoms with Crippen LogP contribution in [0.15, 0.2) is 60.7 Å². The van der Waals surface area contributed by atoms with E-state index in [0.717, 1.165) is 31.7 Å². The Hall–Kier alpha value is -2.13. The average molecular weight is 351 g/mol. The van der Waals surface area contributed by atoms with E-state index in [-0.39, 0.29) is 5.91 Å². The Bertz CT molecular complexity index is 678. The molecule has 3 nitrogen and oxygen atoms in total. The average Bonchev–Trinajstić information content (AvgIpc) is 2.69. The maximum atomic E-state index is 12.0. The maximum absolute atomic E-state index is 12.0. The zero-order valence-corrected chi connectivity index (χ0v) is 16.0. The van der Waals surface area contributed by atoms with E-state index in [0.29, 0.717) is 12.0 Å². The van der Waals surface area contributed by atoms with Crippen molar-refractivity contribution in [3.8, 4) is 0 Å². The highest BCUT2D eigenvalue weighted by molar-refractivity contribution is 5.91. The van der Waals surface area contributed by atoms with Crippen molar-refractivity contribution in [2.45, 2.75) is 39.2 Å². The molecule has 0 bridgehead atoms. The van der Waals surface area contributed by atoms with Gasteiger partial charge in [-0.1, -0.05) is 48.5 Å². The zero-order chi connectivity index (χ0) is 18.4. The van der Waals surface area contributed by atoms with Gasteiger partial charge in [0.05, 0.1) is 0 Å². The van der Waals surface area contributed by atoms with Gasteiger partial charge in [0.25, 0.3) is 0 Å². The van der Waals surface area contributed by atoms with E-state index in [4.69, 9.17) is 0 Å². The Morgan fingerprint density at radius 3 is 2.19 bits per heavy atom.